The molecule has 0 radical (unpaired) electrons. The van der Waals surface area contributed by atoms with E-state index in [1.54, 1.807) is 45.0 Å². The van der Waals surface area contributed by atoms with E-state index in [0.29, 0.717) is 12.2 Å². The molecule has 0 spiro atoms. The molecule has 0 unspecified atom stereocenters. The van der Waals surface area contributed by atoms with Crippen LogP contribution in [0.1, 0.15) is 26.3 Å². The van der Waals surface area contributed by atoms with Crippen LogP contribution in [-0.2, 0) is 16.3 Å². The van der Waals surface area contributed by atoms with E-state index in [1.807, 2.05) is 0 Å². The number of benzene rings is 1. The van der Waals surface area contributed by atoms with Crippen LogP contribution in [0.5, 0.6) is 5.75 Å². The molecule has 3 N–H and O–H groups in total. The summed E-state index contributed by atoms with van der Waals surface area (Å²) in [5, 5.41) is 11.4. The second-order valence-corrected chi connectivity index (χ2v) is 8.55. The Hall–Kier alpha value is -1.76. The molecule has 0 heterocycles. The van der Waals surface area contributed by atoms with Gasteiger partial charge in [0.1, 0.15) is 18.2 Å². The van der Waals surface area contributed by atoms with Gasteiger partial charge in [-0.1, -0.05) is 17.3 Å². The maximum Gasteiger partial charge on any atom is 0.158 e. The molecule has 0 saturated heterocycles. The van der Waals surface area contributed by atoms with E-state index in [1.165, 1.54) is 0 Å². The summed E-state index contributed by atoms with van der Waals surface area (Å²) in [6.07, 6.45) is 0.342. The molecule has 0 fully saturated rings. The highest BCUT2D eigenvalue weighted by atomic mass is 32.2. The van der Waals surface area contributed by atoms with Gasteiger partial charge in [0.15, 0.2) is 9.84 Å². The molecule has 21 heavy (non-hydrogen) atoms. The van der Waals surface area contributed by atoms with Gasteiger partial charge < -0.3 is 15.7 Å². The first kappa shape index (κ1) is 17.3. The van der Waals surface area contributed by atoms with Crippen molar-refractivity contribution in [3.05, 3.63) is 29.8 Å². The van der Waals surface area contributed by atoms with Gasteiger partial charge in [0, 0.05) is 6.42 Å². The summed E-state index contributed by atoms with van der Waals surface area (Å²) in [5.41, 5.74) is 6.29. The van der Waals surface area contributed by atoms with Crippen LogP contribution in [0.2, 0.25) is 0 Å². The number of hydrogen-bond acceptors (Lipinski definition) is 5. The average molecular weight is 314 g/mol. The van der Waals surface area contributed by atoms with Gasteiger partial charge in [0.2, 0.25) is 0 Å². The van der Waals surface area contributed by atoms with E-state index in [4.69, 9.17) is 15.7 Å². The van der Waals surface area contributed by atoms with Crippen LogP contribution < -0.4 is 10.5 Å². The fraction of sp³-hybridized carbons (Fsp3) is 0.500. The quantitative estimate of drug-likeness (QED) is 0.359. The molecule has 0 bridgehead atoms. The van der Waals surface area contributed by atoms with Crippen LogP contribution in [0, 0.1) is 0 Å². The van der Waals surface area contributed by atoms with E-state index in [9.17, 15) is 8.42 Å². The van der Waals surface area contributed by atoms with Gasteiger partial charge in [-0.05, 0) is 38.5 Å². The predicted molar refractivity (Wildman–Crippen MR) is 82.6 cm³/mol. The third-order valence-electron chi connectivity index (χ3n) is 2.99. The molecule has 118 valence electrons. The first-order valence-corrected chi connectivity index (χ1v) is 8.21. The van der Waals surface area contributed by atoms with Gasteiger partial charge >= 0.3 is 0 Å². The van der Waals surface area contributed by atoms with Crippen molar-refractivity contribution >= 4 is 15.7 Å². The number of rotatable bonds is 6. The van der Waals surface area contributed by atoms with Gasteiger partial charge in [-0.2, -0.15) is 0 Å². The first-order chi connectivity index (χ1) is 9.65. The Morgan fingerprint density at radius 1 is 1.29 bits per heavy atom. The normalized spacial score (nSPS) is 13.2. The molecular weight excluding hydrogens is 292 g/mol. The Morgan fingerprint density at radius 2 is 1.86 bits per heavy atom. The first-order valence-electron chi connectivity index (χ1n) is 6.56. The number of ether oxygens (including phenoxy) is 1. The summed E-state index contributed by atoms with van der Waals surface area (Å²) in [5.74, 6) is 0.685. The van der Waals surface area contributed by atoms with Crippen molar-refractivity contribution in [1.82, 2.24) is 0 Å². The van der Waals surface area contributed by atoms with E-state index in [-0.39, 0.29) is 18.2 Å². The van der Waals surface area contributed by atoms with Crippen molar-refractivity contribution in [3.63, 3.8) is 0 Å². The maximum absolute atomic E-state index is 11.9. The van der Waals surface area contributed by atoms with Crippen molar-refractivity contribution in [2.24, 2.45) is 10.9 Å². The van der Waals surface area contributed by atoms with Crippen LogP contribution in [0.4, 0.5) is 0 Å². The highest BCUT2D eigenvalue weighted by Crippen LogP contribution is 2.17. The lowest BCUT2D eigenvalue weighted by Gasteiger charge is -2.19. The molecule has 7 heteroatoms. The average Bonchev–Trinajstić information content (AvgIpc) is 2.39. The SMILES string of the molecule is CC(C)(C)S(=O)(=O)CCOc1ccc(C/C(N)=N/O)cc1. The van der Waals surface area contributed by atoms with Gasteiger partial charge in [0.05, 0.1) is 10.5 Å². The summed E-state index contributed by atoms with van der Waals surface area (Å²) >= 11 is 0. The number of amidine groups is 1. The van der Waals surface area contributed by atoms with Crippen LogP contribution >= 0.6 is 0 Å². The molecule has 1 rings (SSSR count). The molecule has 6 nitrogen and oxygen atoms in total. The van der Waals surface area contributed by atoms with Gasteiger partial charge in [-0.15, -0.1) is 0 Å². The van der Waals surface area contributed by atoms with Crippen LogP contribution in [0.15, 0.2) is 29.4 Å². The molecule has 0 atom stereocenters. The number of hydrogen-bond donors (Lipinski definition) is 2. The largest absolute Gasteiger partial charge is 0.493 e. The van der Waals surface area contributed by atoms with E-state index >= 15 is 0 Å². The van der Waals surface area contributed by atoms with Gasteiger partial charge in [-0.3, -0.25) is 0 Å². The molecule has 0 saturated carbocycles. The smallest absolute Gasteiger partial charge is 0.158 e. The zero-order valence-corrected chi connectivity index (χ0v) is 13.4. The van der Waals surface area contributed by atoms with Gasteiger partial charge in [-0.25, -0.2) is 8.42 Å². The second-order valence-electron chi connectivity index (χ2n) is 5.69. The monoisotopic (exact) mass is 314 g/mol. The molecule has 0 aromatic heterocycles. The summed E-state index contributed by atoms with van der Waals surface area (Å²) in [6, 6.07) is 7.02. The molecule has 0 aliphatic heterocycles. The van der Waals surface area contributed by atoms with Crippen molar-refractivity contribution in [3.8, 4) is 5.75 Å². The third-order valence-corrected chi connectivity index (χ3v) is 5.56. The Labute approximate surface area is 125 Å². The molecular formula is C14H22N2O4S. The molecule has 0 amide bonds. The molecule has 1 aromatic carbocycles. The lowest BCUT2D eigenvalue weighted by molar-refractivity contribution is 0.317. The van der Waals surface area contributed by atoms with E-state index in [0.717, 1.165) is 5.56 Å². The molecule has 0 aliphatic rings. The van der Waals surface area contributed by atoms with Crippen LogP contribution in [0.3, 0.4) is 0 Å². The third kappa shape index (κ3) is 5.26. The summed E-state index contributed by atoms with van der Waals surface area (Å²) in [7, 11) is -3.18. The minimum atomic E-state index is -3.18. The van der Waals surface area contributed by atoms with Crippen molar-refractivity contribution < 1.29 is 18.4 Å². The Bertz CT molecular complexity index is 586. The maximum atomic E-state index is 11.9. The number of nitrogens with two attached hydrogens (primary N) is 1. The van der Waals surface area contributed by atoms with E-state index < -0.39 is 14.6 Å². The summed E-state index contributed by atoms with van der Waals surface area (Å²) < 4.78 is 28.5. The fourth-order valence-electron chi connectivity index (χ4n) is 1.52. The zero-order valence-electron chi connectivity index (χ0n) is 12.5. The second kappa shape index (κ2) is 6.80. The highest BCUT2D eigenvalue weighted by molar-refractivity contribution is 7.92. The molecule has 0 aliphatic carbocycles. The standard InChI is InChI=1S/C14H22N2O4S/c1-14(2,3)21(18,19)9-8-20-12-6-4-11(5-7-12)10-13(15)16-17/h4-7,17H,8-10H2,1-3H3,(H2,15,16). The van der Waals surface area contributed by atoms with Crippen molar-refractivity contribution in [2.45, 2.75) is 31.9 Å². The predicted octanol–water partition coefficient (Wildman–Crippen LogP) is 1.57. The van der Waals surface area contributed by atoms with Gasteiger partial charge in [0.25, 0.3) is 0 Å². The Morgan fingerprint density at radius 3 is 2.33 bits per heavy atom. The lowest BCUT2D eigenvalue weighted by Crippen LogP contribution is -2.32. The highest BCUT2D eigenvalue weighted by Gasteiger charge is 2.28. The topological polar surface area (TPSA) is 102 Å². The lowest BCUT2D eigenvalue weighted by atomic mass is 10.1. The summed E-state index contributed by atoms with van der Waals surface area (Å²) in [6.45, 7) is 5.12. The Kier molecular flexibility index (Phi) is 5.60. The van der Waals surface area contributed by atoms with Crippen LogP contribution in [-0.4, -0.2) is 36.6 Å². The minimum Gasteiger partial charge on any atom is -0.493 e. The number of sulfone groups is 1. The fourth-order valence-corrected chi connectivity index (χ4v) is 2.44. The van der Waals surface area contributed by atoms with Crippen LogP contribution in [0.25, 0.3) is 0 Å². The molecule has 1 aromatic rings. The van der Waals surface area contributed by atoms with Crippen molar-refractivity contribution in [2.75, 3.05) is 12.4 Å². The van der Waals surface area contributed by atoms with Crippen molar-refractivity contribution in [1.29, 1.82) is 0 Å². The zero-order chi connectivity index (χ0) is 16.1. The Balaban J connectivity index is 2.54. The van der Waals surface area contributed by atoms with E-state index in [2.05, 4.69) is 5.16 Å². The summed E-state index contributed by atoms with van der Waals surface area (Å²) in [4.78, 5) is 0. The number of nitrogens with zero attached hydrogens (tertiary/aromatic N) is 1. The number of oxime groups is 1. The minimum absolute atomic E-state index is 0.0254.